The number of aliphatic hydroxyl groups excluding tert-OH is 4. The lowest BCUT2D eigenvalue weighted by molar-refractivity contribution is -0.348. The standard InChI is InChI=1S/C36H56O12/c1-8-22-12-25-9-10-33(4,5)36(44)32(42)23(11-20(2)37)14-26(48-36)17-29(21(3)38)46-31(41)16-24(39)15-27-18-30(40)34(6,7)35(43,47-27)19-28(13-22)45-25/h8-11,21,24-30,32,38-40,42-44H,12-19H2,1-7H3/b10-9+,22-8+,23-11+. The van der Waals surface area contributed by atoms with Crippen molar-refractivity contribution in [2.75, 3.05) is 0 Å². The molecule has 11 atom stereocenters. The monoisotopic (exact) mass is 680 g/mol. The molecule has 272 valence electrons. The molecule has 12 nitrogen and oxygen atoms in total. The van der Waals surface area contributed by atoms with Crippen LogP contribution in [0.3, 0.4) is 0 Å². The molecule has 0 aromatic carbocycles. The Morgan fingerprint density at radius 3 is 2.27 bits per heavy atom. The Balaban J connectivity index is 1.76. The molecule has 48 heavy (non-hydrogen) atoms. The van der Waals surface area contributed by atoms with Gasteiger partial charge in [0.1, 0.15) is 12.2 Å². The van der Waals surface area contributed by atoms with Gasteiger partial charge in [-0.1, -0.05) is 51.5 Å². The summed E-state index contributed by atoms with van der Waals surface area (Å²) in [4.78, 5) is 25.2. The maximum absolute atomic E-state index is 13.0. The molecule has 0 amide bonds. The molecule has 12 heteroatoms. The third-order valence-electron chi connectivity index (χ3n) is 10.7. The quantitative estimate of drug-likeness (QED) is 0.142. The van der Waals surface area contributed by atoms with Crippen LogP contribution in [-0.2, 0) is 28.5 Å². The van der Waals surface area contributed by atoms with Gasteiger partial charge in [0.05, 0.1) is 49.1 Å². The molecule has 0 saturated carbocycles. The third-order valence-corrected chi connectivity index (χ3v) is 10.7. The molecule has 4 heterocycles. The molecular weight excluding hydrogens is 624 g/mol. The van der Waals surface area contributed by atoms with Crippen LogP contribution in [0.4, 0.5) is 0 Å². The van der Waals surface area contributed by atoms with Crippen LogP contribution in [-0.4, -0.2) is 109 Å². The van der Waals surface area contributed by atoms with Gasteiger partial charge < -0.3 is 49.6 Å². The fourth-order valence-electron chi connectivity index (χ4n) is 7.38. The Morgan fingerprint density at radius 1 is 0.958 bits per heavy atom. The molecule has 0 aromatic rings. The normalized spacial score (nSPS) is 44.0. The molecule has 6 bridgehead atoms. The highest BCUT2D eigenvalue weighted by Gasteiger charge is 2.57. The third kappa shape index (κ3) is 8.30. The van der Waals surface area contributed by atoms with E-state index >= 15 is 0 Å². The van der Waals surface area contributed by atoms with Crippen LogP contribution in [0.2, 0.25) is 0 Å². The number of fused-ring (bicyclic) bond motifs is 6. The van der Waals surface area contributed by atoms with Gasteiger partial charge >= 0.3 is 5.97 Å². The highest BCUT2D eigenvalue weighted by atomic mass is 16.7. The number of hydrogen-bond acceptors (Lipinski definition) is 12. The van der Waals surface area contributed by atoms with Crippen LogP contribution in [0.5, 0.6) is 0 Å². The van der Waals surface area contributed by atoms with Crippen molar-refractivity contribution in [2.24, 2.45) is 10.8 Å². The fourth-order valence-corrected chi connectivity index (χ4v) is 7.38. The largest absolute Gasteiger partial charge is 0.459 e. The van der Waals surface area contributed by atoms with Crippen LogP contribution >= 0.6 is 0 Å². The van der Waals surface area contributed by atoms with Gasteiger partial charge in [0.15, 0.2) is 11.6 Å². The van der Waals surface area contributed by atoms with Gasteiger partial charge in [0.2, 0.25) is 5.79 Å². The fraction of sp³-hybridized carbons (Fsp3) is 0.778. The van der Waals surface area contributed by atoms with E-state index in [1.54, 1.807) is 39.8 Å². The van der Waals surface area contributed by atoms with E-state index in [2.05, 4.69) is 0 Å². The van der Waals surface area contributed by atoms with Crippen molar-refractivity contribution in [3.8, 4) is 0 Å². The molecule has 6 N–H and O–H groups in total. The summed E-state index contributed by atoms with van der Waals surface area (Å²) in [6, 6.07) is 0. The van der Waals surface area contributed by atoms with Crippen molar-refractivity contribution in [1.29, 1.82) is 0 Å². The Kier molecular flexibility index (Phi) is 11.9. The molecule has 3 fully saturated rings. The molecule has 4 rings (SSSR count). The number of ether oxygens (including phenoxy) is 4. The number of allylic oxidation sites excluding steroid dienone is 2. The maximum atomic E-state index is 13.0. The minimum atomic E-state index is -2.24. The Morgan fingerprint density at radius 2 is 1.65 bits per heavy atom. The van der Waals surface area contributed by atoms with E-state index in [1.165, 1.54) is 19.9 Å². The second-order valence-electron chi connectivity index (χ2n) is 15.4. The lowest BCUT2D eigenvalue weighted by atomic mass is 9.70. The van der Waals surface area contributed by atoms with Crippen LogP contribution in [0.25, 0.3) is 0 Å². The first-order valence-electron chi connectivity index (χ1n) is 17.1. The zero-order valence-corrected chi connectivity index (χ0v) is 29.3. The van der Waals surface area contributed by atoms with Gasteiger partial charge in [-0.05, 0) is 51.7 Å². The summed E-state index contributed by atoms with van der Waals surface area (Å²) in [5.74, 6) is -5.22. The summed E-state index contributed by atoms with van der Waals surface area (Å²) in [5, 5.41) is 68.1. The topological polar surface area (TPSA) is 192 Å². The molecule has 4 aliphatic rings. The Hall–Kier alpha value is -2.00. The van der Waals surface area contributed by atoms with E-state index in [0.29, 0.717) is 12.8 Å². The average molecular weight is 681 g/mol. The molecule has 0 radical (unpaired) electrons. The molecule has 0 aliphatic carbocycles. The second-order valence-corrected chi connectivity index (χ2v) is 15.4. The Bertz CT molecular complexity index is 1270. The van der Waals surface area contributed by atoms with Crippen molar-refractivity contribution < 1.29 is 59.2 Å². The van der Waals surface area contributed by atoms with Crippen LogP contribution in [0, 0.1) is 10.8 Å². The smallest absolute Gasteiger partial charge is 0.308 e. The lowest BCUT2D eigenvalue weighted by Crippen LogP contribution is -2.61. The minimum absolute atomic E-state index is 0.0134. The highest BCUT2D eigenvalue weighted by molar-refractivity contribution is 5.88. The predicted octanol–water partition coefficient (Wildman–Crippen LogP) is 2.51. The lowest BCUT2D eigenvalue weighted by Gasteiger charge is -2.53. The molecule has 11 unspecified atom stereocenters. The number of carbonyl (C=O) groups excluding carboxylic acids is 2. The van der Waals surface area contributed by atoms with Gasteiger partial charge in [-0.15, -0.1) is 0 Å². The van der Waals surface area contributed by atoms with E-state index in [0.717, 1.165) is 5.57 Å². The molecule has 4 aliphatic heterocycles. The number of esters is 1. The highest BCUT2D eigenvalue weighted by Crippen LogP contribution is 2.49. The van der Waals surface area contributed by atoms with Gasteiger partial charge in [0.25, 0.3) is 0 Å². The molecule has 3 saturated heterocycles. The van der Waals surface area contributed by atoms with E-state index in [9.17, 15) is 40.2 Å². The van der Waals surface area contributed by atoms with Crippen molar-refractivity contribution in [3.63, 3.8) is 0 Å². The summed E-state index contributed by atoms with van der Waals surface area (Å²) in [7, 11) is 0. The van der Waals surface area contributed by atoms with Crippen molar-refractivity contribution in [1.82, 2.24) is 0 Å². The zero-order valence-electron chi connectivity index (χ0n) is 29.3. The van der Waals surface area contributed by atoms with Crippen molar-refractivity contribution in [3.05, 3.63) is 35.5 Å². The zero-order chi connectivity index (χ0) is 35.8. The van der Waals surface area contributed by atoms with Crippen molar-refractivity contribution >= 4 is 11.8 Å². The van der Waals surface area contributed by atoms with E-state index in [1.807, 2.05) is 13.0 Å². The average Bonchev–Trinajstić information content (AvgIpc) is 2.96. The summed E-state index contributed by atoms with van der Waals surface area (Å²) in [6.07, 6.45) is -1.33. The molecule has 0 spiro atoms. The number of cyclic esters (lactones) is 1. The Labute approximate surface area is 283 Å². The molecule has 0 aromatic heterocycles. The number of carbonyl (C=O) groups is 2. The summed E-state index contributed by atoms with van der Waals surface area (Å²) >= 11 is 0. The first-order chi connectivity index (χ1) is 22.2. The number of rotatable bonds is 2. The van der Waals surface area contributed by atoms with Gasteiger partial charge in [-0.3, -0.25) is 9.59 Å². The number of ketones is 1. The van der Waals surface area contributed by atoms with E-state index < -0.39 is 89.7 Å². The molecular formula is C36H56O12. The van der Waals surface area contributed by atoms with Crippen molar-refractivity contribution in [2.45, 2.75) is 166 Å². The van der Waals surface area contributed by atoms with Crippen LogP contribution in [0.1, 0.15) is 99.8 Å². The number of aliphatic hydroxyl groups is 6. The van der Waals surface area contributed by atoms with Gasteiger partial charge in [-0.2, -0.15) is 0 Å². The second kappa shape index (κ2) is 14.7. The van der Waals surface area contributed by atoms with Gasteiger partial charge in [-0.25, -0.2) is 0 Å². The number of hydrogen-bond donors (Lipinski definition) is 6. The van der Waals surface area contributed by atoms with E-state index in [4.69, 9.17) is 18.9 Å². The van der Waals surface area contributed by atoms with Crippen LogP contribution in [0.15, 0.2) is 35.5 Å². The first-order valence-corrected chi connectivity index (χ1v) is 17.1. The summed E-state index contributed by atoms with van der Waals surface area (Å²) in [5.41, 5.74) is -1.05. The minimum Gasteiger partial charge on any atom is -0.459 e. The van der Waals surface area contributed by atoms with Gasteiger partial charge in [0, 0.05) is 36.5 Å². The van der Waals surface area contributed by atoms with E-state index in [-0.39, 0.29) is 43.5 Å². The van der Waals surface area contributed by atoms with Crippen LogP contribution < -0.4 is 0 Å². The maximum Gasteiger partial charge on any atom is 0.308 e. The first kappa shape index (κ1) is 38.8. The predicted molar refractivity (Wildman–Crippen MR) is 174 cm³/mol. The SMILES string of the molecule is C/C=C1\CC2/C=C/C(C)(C)C3(O)OC(C/C(=C\C(C)=O)C3O)CC(C(C)O)OC(=O)CC(O)CC3CC(O)C(C)(C)C(O)(CC(C1)O2)O3. The summed E-state index contributed by atoms with van der Waals surface area (Å²) < 4.78 is 24.5. The summed E-state index contributed by atoms with van der Waals surface area (Å²) in [6.45, 7) is 11.5.